The van der Waals surface area contributed by atoms with Crippen molar-refractivity contribution < 1.29 is 4.79 Å². The molecule has 0 aliphatic rings. The molecule has 0 saturated carbocycles. The third-order valence-electron chi connectivity index (χ3n) is 4.55. The van der Waals surface area contributed by atoms with Crippen LogP contribution >= 0.6 is 0 Å². The highest BCUT2D eigenvalue weighted by molar-refractivity contribution is 5.92. The van der Waals surface area contributed by atoms with Crippen LogP contribution in [0.5, 0.6) is 0 Å². The van der Waals surface area contributed by atoms with Crippen LogP contribution in [0.25, 0.3) is 11.0 Å². The number of hydrogen-bond donors (Lipinski definition) is 2. The Morgan fingerprint density at radius 3 is 3.00 bits per heavy atom. The molecule has 1 amide bonds. The molecule has 0 aliphatic carbocycles. The van der Waals surface area contributed by atoms with Crippen LogP contribution in [0.2, 0.25) is 0 Å². The Balaban J connectivity index is 1.43. The molecule has 2 N–H and O–H groups in total. The molecule has 8 nitrogen and oxygen atoms in total. The molecule has 4 rings (SSSR count). The first-order chi connectivity index (χ1) is 13.2. The van der Waals surface area contributed by atoms with E-state index < -0.39 is 0 Å². The van der Waals surface area contributed by atoms with E-state index in [1.807, 2.05) is 46.5 Å². The zero-order valence-electron chi connectivity index (χ0n) is 15.0. The topological polar surface area (TPSA) is 93.4 Å². The molecule has 0 spiro atoms. The van der Waals surface area contributed by atoms with Crippen LogP contribution in [-0.4, -0.2) is 41.2 Å². The van der Waals surface area contributed by atoms with Gasteiger partial charge in [0.15, 0.2) is 0 Å². The molecule has 3 aromatic heterocycles. The number of para-hydroxylation sites is 2. The van der Waals surface area contributed by atoms with Gasteiger partial charge in [-0.15, -0.1) is 0 Å². The maximum atomic E-state index is 12.5. The fraction of sp³-hybridized carbons (Fsp3) is 0.263. The Hall–Kier alpha value is -3.42. The van der Waals surface area contributed by atoms with Crippen LogP contribution in [-0.2, 0) is 13.1 Å². The second-order valence-corrected chi connectivity index (χ2v) is 6.48. The number of fused-ring (bicyclic) bond motifs is 1. The maximum absolute atomic E-state index is 12.5. The van der Waals surface area contributed by atoms with Gasteiger partial charge < -0.3 is 14.5 Å². The molecule has 1 aromatic carbocycles. The van der Waals surface area contributed by atoms with Gasteiger partial charge in [0, 0.05) is 25.0 Å². The van der Waals surface area contributed by atoms with Gasteiger partial charge >= 0.3 is 0 Å². The number of benzene rings is 1. The molecule has 3 heterocycles. The quantitative estimate of drug-likeness (QED) is 0.526. The number of carbonyl (C=O) groups excluding carboxylic acids is 1. The lowest BCUT2D eigenvalue weighted by Gasteiger charge is -2.16. The van der Waals surface area contributed by atoms with Gasteiger partial charge in [0.05, 0.1) is 35.9 Å². The van der Waals surface area contributed by atoms with Gasteiger partial charge in [0.2, 0.25) is 0 Å². The third kappa shape index (κ3) is 3.74. The lowest BCUT2D eigenvalue weighted by atomic mass is 10.2. The minimum atomic E-state index is -0.181. The summed E-state index contributed by atoms with van der Waals surface area (Å²) in [5.41, 5.74) is 3.23. The van der Waals surface area contributed by atoms with Gasteiger partial charge in [-0.05, 0) is 24.6 Å². The second-order valence-electron chi connectivity index (χ2n) is 6.48. The minimum Gasteiger partial charge on any atom is -0.346 e. The van der Waals surface area contributed by atoms with E-state index in [4.69, 9.17) is 0 Å². The fourth-order valence-corrected chi connectivity index (χ4v) is 3.06. The zero-order valence-corrected chi connectivity index (χ0v) is 15.0. The summed E-state index contributed by atoms with van der Waals surface area (Å²) >= 11 is 0. The highest BCUT2D eigenvalue weighted by Gasteiger charge is 2.16. The van der Waals surface area contributed by atoms with Gasteiger partial charge in [0.25, 0.3) is 5.91 Å². The second kappa shape index (κ2) is 7.45. The Kier molecular flexibility index (Phi) is 4.69. The van der Waals surface area contributed by atoms with Crippen molar-refractivity contribution in [2.24, 2.45) is 0 Å². The van der Waals surface area contributed by atoms with Crippen LogP contribution in [0.4, 0.5) is 0 Å². The molecule has 1 atom stereocenters. The number of aromatic amines is 1. The maximum Gasteiger partial charge on any atom is 0.272 e. The first-order valence-corrected chi connectivity index (χ1v) is 8.93. The van der Waals surface area contributed by atoms with Gasteiger partial charge in [-0.1, -0.05) is 19.1 Å². The van der Waals surface area contributed by atoms with Crippen molar-refractivity contribution >= 4 is 16.9 Å². The molecule has 0 fully saturated rings. The third-order valence-corrected chi connectivity index (χ3v) is 4.55. The molecular formula is C19H21N7O. The molecule has 8 heteroatoms. The number of rotatable bonds is 7. The number of amides is 1. The monoisotopic (exact) mass is 363 g/mol. The summed E-state index contributed by atoms with van der Waals surface area (Å²) < 4.78 is 3.98. The number of aromatic nitrogens is 6. The number of carbonyl (C=O) groups is 1. The highest BCUT2D eigenvalue weighted by Crippen LogP contribution is 2.13. The smallest absolute Gasteiger partial charge is 0.272 e. The van der Waals surface area contributed by atoms with E-state index in [0.29, 0.717) is 18.8 Å². The van der Waals surface area contributed by atoms with Gasteiger partial charge in [-0.25, -0.2) is 9.97 Å². The number of H-pyrrole nitrogens is 1. The highest BCUT2D eigenvalue weighted by atomic mass is 16.2. The molecular weight excluding hydrogens is 342 g/mol. The van der Waals surface area contributed by atoms with Crippen LogP contribution in [0, 0.1) is 0 Å². The zero-order chi connectivity index (χ0) is 18.6. The van der Waals surface area contributed by atoms with E-state index in [-0.39, 0.29) is 11.9 Å². The number of hydrogen-bond acceptors (Lipinski definition) is 4. The summed E-state index contributed by atoms with van der Waals surface area (Å²) in [4.78, 5) is 21.0. The van der Waals surface area contributed by atoms with E-state index in [0.717, 1.165) is 23.1 Å². The van der Waals surface area contributed by atoms with Crippen LogP contribution in [0.3, 0.4) is 0 Å². The molecule has 0 radical (unpaired) electrons. The number of nitrogens with one attached hydrogen (secondary N) is 2. The average Bonchev–Trinajstić information content (AvgIpc) is 3.43. The van der Waals surface area contributed by atoms with Crippen LogP contribution in [0.1, 0.15) is 29.5 Å². The molecule has 0 aliphatic heterocycles. The van der Waals surface area contributed by atoms with Crippen molar-refractivity contribution in [3.8, 4) is 0 Å². The lowest BCUT2D eigenvalue weighted by molar-refractivity contribution is 0.0926. The Labute approximate surface area is 156 Å². The Morgan fingerprint density at radius 2 is 2.19 bits per heavy atom. The molecule has 1 unspecified atom stereocenters. The summed E-state index contributed by atoms with van der Waals surface area (Å²) in [6.07, 6.45) is 7.98. The van der Waals surface area contributed by atoms with E-state index in [9.17, 15) is 4.79 Å². The van der Waals surface area contributed by atoms with Gasteiger partial charge in [0.1, 0.15) is 5.69 Å². The van der Waals surface area contributed by atoms with E-state index in [1.165, 1.54) is 0 Å². The lowest BCUT2D eigenvalue weighted by Crippen LogP contribution is -2.37. The van der Waals surface area contributed by atoms with Gasteiger partial charge in [-0.2, -0.15) is 5.10 Å². The van der Waals surface area contributed by atoms with Crippen molar-refractivity contribution in [1.29, 1.82) is 0 Å². The van der Waals surface area contributed by atoms with Crippen molar-refractivity contribution in [2.75, 3.05) is 0 Å². The summed E-state index contributed by atoms with van der Waals surface area (Å²) in [5.74, 6) is -0.181. The standard InChI is InChI=1S/C19H21N7O/c1-2-14(10-25-8-7-20-12-25)22-19(27)17-9-15(23-24-17)11-26-13-21-16-5-3-4-6-18(16)26/h3-9,12-14H,2,10-11H2,1H3,(H,22,27)(H,23,24). The van der Waals surface area contributed by atoms with Gasteiger partial charge in [-0.3, -0.25) is 9.89 Å². The van der Waals surface area contributed by atoms with Crippen LogP contribution < -0.4 is 5.32 Å². The summed E-state index contributed by atoms with van der Waals surface area (Å²) in [5, 5.41) is 10.2. The minimum absolute atomic E-state index is 0.0180. The predicted octanol–water partition coefficient (Wildman–Crippen LogP) is 2.21. The summed E-state index contributed by atoms with van der Waals surface area (Å²) in [6.45, 7) is 3.30. The van der Waals surface area contributed by atoms with Crippen molar-refractivity contribution in [1.82, 2.24) is 34.6 Å². The number of nitrogens with zero attached hydrogens (tertiary/aromatic N) is 5. The fourth-order valence-electron chi connectivity index (χ4n) is 3.06. The first-order valence-electron chi connectivity index (χ1n) is 8.93. The SMILES string of the molecule is CCC(Cn1ccnc1)NC(=O)c1cc(Cn2cnc3ccccc32)[nH]n1. The molecule has 0 bridgehead atoms. The first kappa shape index (κ1) is 17.0. The van der Waals surface area contributed by atoms with Crippen molar-refractivity contribution in [2.45, 2.75) is 32.5 Å². The molecule has 4 aromatic rings. The van der Waals surface area contributed by atoms with Crippen LogP contribution in [0.15, 0.2) is 55.4 Å². The normalized spacial score (nSPS) is 12.3. The molecule has 27 heavy (non-hydrogen) atoms. The van der Waals surface area contributed by atoms with E-state index in [2.05, 4.69) is 25.5 Å². The van der Waals surface area contributed by atoms with E-state index in [1.54, 1.807) is 24.9 Å². The van der Waals surface area contributed by atoms with E-state index >= 15 is 0 Å². The van der Waals surface area contributed by atoms with Crippen molar-refractivity contribution in [3.05, 3.63) is 66.8 Å². The largest absolute Gasteiger partial charge is 0.346 e. The molecule has 0 saturated heterocycles. The summed E-state index contributed by atoms with van der Waals surface area (Å²) in [7, 11) is 0. The number of imidazole rings is 2. The predicted molar refractivity (Wildman–Crippen MR) is 101 cm³/mol. The average molecular weight is 363 g/mol. The molecule has 138 valence electrons. The van der Waals surface area contributed by atoms with Crippen molar-refractivity contribution in [3.63, 3.8) is 0 Å². The Bertz CT molecular complexity index is 1030. The summed E-state index contributed by atoms with van der Waals surface area (Å²) in [6, 6.07) is 9.75. The Morgan fingerprint density at radius 1 is 1.30 bits per heavy atom.